The molecule has 21 heavy (non-hydrogen) atoms. The fourth-order valence-electron chi connectivity index (χ4n) is 6.03. The van der Waals surface area contributed by atoms with Crippen LogP contribution >= 0.6 is 0 Å². The zero-order valence-corrected chi connectivity index (χ0v) is 12.7. The average molecular weight is 288 g/mol. The van der Waals surface area contributed by atoms with Gasteiger partial charge < -0.3 is 5.11 Å². The molecule has 0 heterocycles. The van der Waals surface area contributed by atoms with E-state index in [4.69, 9.17) is 0 Å². The number of allylic oxidation sites excluding steroid dienone is 1. The van der Waals surface area contributed by atoms with Crippen LogP contribution in [0, 0.1) is 29.1 Å². The van der Waals surface area contributed by atoms with Gasteiger partial charge in [-0.05, 0) is 61.9 Å². The molecule has 4 aliphatic rings. The van der Waals surface area contributed by atoms with Gasteiger partial charge in [0.2, 0.25) is 0 Å². The van der Waals surface area contributed by atoms with E-state index >= 15 is 0 Å². The fourth-order valence-corrected chi connectivity index (χ4v) is 6.03. The van der Waals surface area contributed by atoms with Crippen LogP contribution in [-0.2, 0) is 9.59 Å². The summed E-state index contributed by atoms with van der Waals surface area (Å²) >= 11 is 0. The molecule has 4 aliphatic carbocycles. The lowest BCUT2D eigenvalue weighted by molar-refractivity contribution is -0.140. The molecule has 3 heteroatoms. The lowest BCUT2D eigenvalue weighted by atomic mass is 9.51. The number of hydrogen-bond acceptors (Lipinski definition) is 3. The van der Waals surface area contributed by atoms with E-state index in [1.54, 1.807) is 0 Å². The molecule has 1 N–H and O–H groups in total. The first-order valence-electron chi connectivity index (χ1n) is 8.45. The van der Waals surface area contributed by atoms with Crippen LogP contribution in [0.15, 0.2) is 11.6 Å². The van der Waals surface area contributed by atoms with Crippen molar-refractivity contribution in [2.45, 2.75) is 58.0 Å². The highest BCUT2D eigenvalue weighted by atomic mass is 16.3. The number of carbonyl (C=O) groups excluding carboxylic acids is 2. The summed E-state index contributed by atoms with van der Waals surface area (Å²) in [6, 6.07) is 0. The van der Waals surface area contributed by atoms with E-state index in [0.717, 1.165) is 25.7 Å². The maximum Gasteiger partial charge on any atom is 0.155 e. The van der Waals surface area contributed by atoms with Crippen LogP contribution in [0.5, 0.6) is 0 Å². The third-order valence-corrected chi connectivity index (χ3v) is 6.98. The molecule has 0 spiro atoms. The highest BCUT2D eigenvalue weighted by molar-refractivity contribution is 5.91. The molecule has 0 saturated heterocycles. The highest BCUT2D eigenvalue weighted by Gasteiger charge is 2.59. The molecule has 0 amide bonds. The number of aliphatic hydroxyl groups excluding tert-OH is 1. The summed E-state index contributed by atoms with van der Waals surface area (Å²) in [6.45, 7) is 2.09. The third-order valence-electron chi connectivity index (χ3n) is 6.98. The van der Waals surface area contributed by atoms with Gasteiger partial charge in [0.05, 0.1) is 6.10 Å². The first-order valence-corrected chi connectivity index (χ1v) is 8.45. The molecule has 0 bridgehead atoms. The van der Waals surface area contributed by atoms with Crippen molar-refractivity contribution in [3.8, 4) is 0 Å². The molecule has 0 aromatic rings. The van der Waals surface area contributed by atoms with Crippen LogP contribution in [0.2, 0.25) is 0 Å². The van der Waals surface area contributed by atoms with Crippen LogP contribution in [0.1, 0.15) is 51.9 Å². The summed E-state index contributed by atoms with van der Waals surface area (Å²) in [6.07, 6.45) is 7.39. The summed E-state index contributed by atoms with van der Waals surface area (Å²) in [5.41, 5.74) is 0.992. The maximum atomic E-state index is 12.3. The topological polar surface area (TPSA) is 54.4 Å². The lowest BCUT2D eigenvalue weighted by Crippen LogP contribution is -2.53. The van der Waals surface area contributed by atoms with Gasteiger partial charge in [0.15, 0.2) is 5.78 Å². The number of Topliss-reactive ketones (excluding diaryl/α,β-unsaturated/α-hetero) is 1. The SMILES string of the molecule is C[C@]12CC(O)[C@H]3[C@@H](CCC4=CC(=O)CC[C@@H]43)[C@@H]1CCC2=O. The van der Waals surface area contributed by atoms with Gasteiger partial charge in [-0.1, -0.05) is 12.5 Å². The van der Waals surface area contributed by atoms with Gasteiger partial charge in [-0.15, -0.1) is 0 Å². The Morgan fingerprint density at radius 3 is 2.76 bits per heavy atom. The number of hydrogen-bond donors (Lipinski definition) is 1. The lowest BCUT2D eigenvalue weighted by Gasteiger charge is -2.54. The number of rotatable bonds is 0. The van der Waals surface area contributed by atoms with Crippen molar-refractivity contribution in [3.63, 3.8) is 0 Å². The van der Waals surface area contributed by atoms with Crippen LogP contribution in [-0.4, -0.2) is 22.8 Å². The molecule has 1 unspecified atom stereocenters. The van der Waals surface area contributed by atoms with Crippen LogP contribution < -0.4 is 0 Å². The molecule has 0 aliphatic heterocycles. The van der Waals surface area contributed by atoms with Crippen molar-refractivity contribution < 1.29 is 14.7 Å². The van der Waals surface area contributed by atoms with Crippen molar-refractivity contribution in [2.75, 3.05) is 0 Å². The van der Waals surface area contributed by atoms with Crippen LogP contribution in [0.4, 0.5) is 0 Å². The van der Waals surface area contributed by atoms with Crippen LogP contribution in [0.25, 0.3) is 0 Å². The average Bonchev–Trinajstić information content (AvgIpc) is 2.74. The van der Waals surface area contributed by atoms with Crippen LogP contribution in [0.3, 0.4) is 0 Å². The predicted octanol–water partition coefficient (Wildman–Crippen LogP) is 2.67. The highest BCUT2D eigenvalue weighted by Crippen LogP contribution is 2.60. The van der Waals surface area contributed by atoms with Gasteiger partial charge in [0, 0.05) is 18.3 Å². The Balaban J connectivity index is 1.70. The minimum Gasteiger partial charge on any atom is -0.393 e. The molecular weight excluding hydrogens is 264 g/mol. The zero-order chi connectivity index (χ0) is 14.8. The Morgan fingerprint density at radius 2 is 1.95 bits per heavy atom. The van der Waals surface area contributed by atoms with E-state index in [1.807, 2.05) is 6.08 Å². The zero-order valence-electron chi connectivity index (χ0n) is 12.7. The minimum atomic E-state index is -0.375. The quantitative estimate of drug-likeness (QED) is 0.745. The van der Waals surface area contributed by atoms with E-state index in [-0.39, 0.29) is 23.2 Å². The number of ketones is 2. The molecule has 114 valence electrons. The third kappa shape index (κ3) is 1.82. The monoisotopic (exact) mass is 288 g/mol. The first-order chi connectivity index (χ1) is 10.0. The molecule has 3 saturated carbocycles. The molecule has 4 rings (SSSR count). The van der Waals surface area contributed by atoms with Gasteiger partial charge in [-0.3, -0.25) is 9.59 Å². The Kier molecular flexibility index (Phi) is 2.94. The Hall–Kier alpha value is -0.960. The van der Waals surface area contributed by atoms with E-state index in [1.165, 1.54) is 5.57 Å². The second-order valence-electron chi connectivity index (χ2n) is 7.87. The number of carbonyl (C=O) groups is 2. The molecular formula is C18H24O3. The maximum absolute atomic E-state index is 12.3. The van der Waals surface area contributed by atoms with E-state index < -0.39 is 0 Å². The van der Waals surface area contributed by atoms with Crippen molar-refractivity contribution in [3.05, 3.63) is 11.6 Å². The molecule has 3 fully saturated rings. The Morgan fingerprint density at radius 1 is 1.14 bits per heavy atom. The fraction of sp³-hybridized carbons (Fsp3) is 0.778. The first kappa shape index (κ1) is 13.7. The van der Waals surface area contributed by atoms with Gasteiger partial charge in [-0.2, -0.15) is 0 Å². The standard InChI is InChI=1S/C18H24O3/c1-18-9-15(20)17-12-5-3-11(19)8-10(12)2-4-13(17)14(18)6-7-16(18)21/h8,12-15,17,20H,2-7,9H2,1H3/t12-,13-,14-,15?,17+,18-/m0/s1. The minimum absolute atomic E-state index is 0.255. The molecule has 0 aromatic carbocycles. The van der Waals surface area contributed by atoms with Gasteiger partial charge in [-0.25, -0.2) is 0 Å². The summed E-state index contributed by atoms with van der Waals surface area (Å²) in [7, 11) is 0. The Bertz CT molecular complexity index is 535. The van der Waals surface area contributed by atoms with E-state index in [0.29, 0.717) is 42.8 Å². The van der Waals surface area contributed by atoms with E-state index in [2.05, 4.69) is 6.92 Å². The number of fused-ring (bicyclic) bond motifs is 5. The van der Waals surface area contributed by atoms with Crippen molar-refractivity contribution >= 4 is 11.6 Å². The second kappa shape index (κ2) is 4.52. The normalized spacial score (nSPS) is 49.2. The Labute approximate surface area is 125 Å². The van der Waals surface area contributed by atoms with Crippen molar-refractivity contribution in [1.29, 1.82) is 0 Å². The van der Waals surface area contributed by atoms with Gasteiger partial charge in [0.25, 0.3) is 0 Å². The largest absolute Gasteiger partial charge is 0.393 e. The molecule has 0 radical (unpaired) electrons. The van der Waals surface area contributed by atoms with Gasteiger partial charge >= 0.3 is 0 Å². The van der Waals surface area contributed by atoms with E-state index in [9.17, 15) is 14.7 Å². The molecule has 6 atom stereocenters. The molecule has 3 nitrogen and oxygen atoms in total. The van der Waals surface area contributed by atoms with Gasteiger partial charge in [0.1, 0.15) is 5.78 Å². The van der Waals surface area contributed by atoms with Crippen molar-refractivity contribution in [1.82, 2.24) is 0 Å². The summed E-state index contributed by atoms with van der Waals surface area (Å²) < 4.78 is 0. The predicted molar refractivity (Wildman–Crippen MR) is 78.5 cm³/mol. The van der Waals surface area contributed by atoms with Crippen molar-refractivity contribution in [2.24, 2.45) is 29.1 Å². The smallest absolute Gasteiger partial charge is 0.155 e. The number of aliphatic hydroxyl groups is 1. The molecule has 0 aromatic heterocycles. The summed E-state index contributed by atoms with van der Waals surface area (Å²) in [4.78, 5) is 24.0. The summed E-state index contributed by atoms with van der Waals surface area (Å²) in [5, 5.41) is 10.8. The second-order valence-corrected chi connectivity index (χ2v) is 7.87. The summed E-state index contributed by atoms with van der Waals surface area (Å²) in [5.74, 6) is 2.22.